The molecule has 1 atom stereocenters. The van der Waals surface area contributed by atoms with Gasteiger partial charge in [-0.05, 0) is 13.3 Å². The van der Waals surface area contributed by atoms with Crippen LogP contribution in [0.2, 0.25) is 0 Å². The molecule has 0 aliphatic carbocycles. The van der Waals surface area contributed by atoms with Gasteiger partial charge in [-0.3, -0.25) is 0 Å². The van der Waals surface area contributed by atoms with Crippen LogP contribution in [0.4, 0.5) is 8.78 Å². The number of carbonyl (C=O) groups is 1. The Hall–Kier alpha value is -1.24. The SMILES string of the molecule is CCOC(=O)c1cnc(CSC(C)CC)nc1C(F)F. The van der Waals surface area contributed by atoms with Crippen molar-refractivity contribution in [3.63, 3.8) is 0 Å². The summed E-state index contributed by atoms with van der Waals surface area (Å²) in [7, 11) is 0. The lowest BCUT2D eigenvalue weighted by Crippen LogP contribution is -2.12. The van der Waals surface area contributed by atoms with Gasteiger partial charge in [0, 0.05) is 11.4 Å². The van der Waals surface area contributed by atoms with E-state index in [2.05, 4.69) is 9.97 Å². The van der Waals surface area contributed by atoms with Crippen LogP contribution in [0.5, 0.6) is 0 Å². The van der Waals surface area contributed by atoms with Crippen LogP contribution in [0.25, 0.3) is 0 Å². The number of ether oxygens (including phenoxy) is 1. The van der Waals surface area contributed by atoms with E-state index >= 15 is 0 Å². The van der Waals surface area contributed by atoms with Crippen LogP contribution in [-0.4, -0.2) is 27.8 Å². The van der Waals surface area contributed by atoms with Crippen molar-refractivity contribution >= 4 is 17.7 Å². The molecule has 20 heavy (non-hydrogen) atoms. The highest BCUT2D eigenvalue weighted by Gasteiger charge is 2.22. The predicted molar refractivity (Wildman–Crippen MR) is 74.0 cm³/mol. The minimum absolute atomic E-state index is 0.118. The number of nitrogens with zero attached hydrogens (tertiary/aromatic N) is 2. The summed E-state index contributed by atoms with van der Waals surface area (Å²) < 4.78 is 30.7. The largest absolute Gasteiger partial charge is 0.462 e. The number of aromatic nitrogens is 2. The molecule has 0 saturated carbocycles. The van der Waals surface area contributed by atoms with Crippen molar-refractivity contribution in [2.45, 2.75) is 44.6 Å². The van der Waals surface area contributed by atoms with Crippen molar-refractivity contribution in [1.29, 1.82) is 0 Å². The average molecular weight is 304 g/mol. The third kappa shape index (κ3) is 4.70. The van der Waals surface area contributed by atoms with Gasteiger partial charge in [-0.2, -0.15) is 11.8 Å². The minimum Gasteiger partial charge on any atom is -0.462 e. The number of esters is 1. The summed E-state index contributed by atoms with van der Waals surface area (Å²) >= 11 is 1.59. The first kappa shape index (κ1) is 16.8. The molecule has 0 aliphatic heterocycles. The number of rotatable bonds is 7. The summed E-state index contributed by atoms with van der Waals surface area (Å²) in [6.45, 7) is 5.82. The van der Waals surface area contributed by atoms with Gasteiger partial charge in [-0.1, -0.05) is 13.8 Å². The molecule has 1 unspecified atom stereocenters. The Kier molecular flexibility index (Phi) is 6.84. The van der Waals surface area contributed by atoms with E-state index in [1.54, 1.807) is 18.7 Å². The zero-order valence-corrected chi connectivity index (χ0v) is 12.5. The first-order chi connectivity index (χ1) is 9.49. The molecule has 4 nitrogen and oxygen atoms in total. The van der Waals surface area contributed by atoms with Gasteiger partial charge >= 0.3 is 5.97 Å². The lowest BCUT2D eigenvalue weighted by molar-refractivity contribution is 0.0512. The van der Waals surface area contributed by atoms with E-state index in [0.29, 0.717) is 16.8 Å². The summed E-state index contributed by atoms with van der Waals surface area (Å²) in [5, 5.41) is 0.401. The number of thioether (sulfide) groups is 1. The van der Waals surface area contributed by atoms with Gasteiger partial charge in [-0.25, -0.2) is 23.5 Å². The zero-order valence-electron chi connectivity index (χ0n) is 11.7. The van der Waals surface area contributed by atoms with Crippen molar-refractivity contribution in [2.24, 2.45) is 0 Å². The summed E-state index contributed by atoms with van der Waals surface area (Å²) in [6, 6.07) is 0. The van der Waals surface area contributed by atoms with E-state index in [1.165, 1.54) is 0 Å². The van der Waals surface area contributed by atoms with E-state index < -0.39 is 18.1 Å². The number of alkyl halides is 2. The maximum absolute atomic E-state index is 13.0. The maximum atomic E-state index is 13.0. The Balaban J connectivity index is 2.92. The normalized spacial score (nSPS) is 12.5. The smallest absolute Gasteiger partial charge is 0.341 e. The molecule has 0 aliphatic rings. The van der Waals surface area contributed by atoms with Gasteiger partial charge in [-0.15, -0.1) is 0 Å². The predicted octanol–water partition coefficient (Wildman–Crippen LogP) is 3.62. The molecule has 7 heteroatoms. The quantitative estimate of drug-likeness (QED) is 0.720. The molecule has 0 radical (unpaired) electrons. The van der Waals surface area contributed by atoms with Gasteiger partial charge in [0.1, 0.15) is 17.1 Å². The Bertz CT molecular complexity index is 458. The zero-order chi connectivity index (χ0) is 15.1. The van der Waals surface area contributed by atoms with E-state index in [-0.39, 0.29) is 12.2 Å². The Labute approximate surface area is 121 Å². The molecule has 0 amide bonds. The second kappa shape index (κ2) is 8.14. The van der Waals surface area contributed by atoms with Crippen molar-refractivity contribution < 1.29 is 18.3 Å². The summed E-state index contributed by atoms with van der Waals surface area (Å²) in [5.41, 5.74) is -0.822. The van der Waals surface area contributed by atoms with Crippen molar-refractivity contribution in [2.75, 3.05) is 6.61 Å². The molecule has 1 heterocycles. The van der Waals surface area contributed by atoms with Gasteiger partial charge in [0.05, 0.1) is 12.4 Å². The Morgan fingerprint density at radius 1 is 1.45 bits per heavy atom. The molecule has 0 fully saturated rings. The lowest BCUT2D eigenvalue weighted by atomic mass is 10.2. The van der Waals surface area contributed by atoms with Crippen LogP contribution in [-0.2, 0) is 10.5 Å². The van der Waals surface area contributed by atoms with Crippen LogP contribution in [0.15, 0.2) is 6.20 Å². The first-order valence-corrected chi connectivity index (χ1v) is 7.47. The van der Waals surface area contributed by atoms with Crippen LogP contribution in [0.1, 0.15) is 55.5 Å². The molecule has 0 bridgehead atoms. The van der Waals surface area contributed by atoms with E-state index in [1.807, 2.05) is 13.8 Å². The lowest BCUT2D eigenvalue weighted by Gasteiger charge is -2.10. The monoisotopic (exact) mass is 304 g/mol. The number of hydrogen-bond donors (Lipinski definition) is 0. The summed E-state index contributed by atoms with van der Waals surface area (Å²) in [6.07, 6.45) is -0.725. The molecule has 1 aromatic rings. The standard InChI is InChI=1S/C13H18F2N2O2S/c1-4-8(3)20-7-10-16-6-9(13(18)19-5-2)11(17-10)12(14)15/h6,8,12H,4-5,7H2,1-3H3. The third-order valence-corrected chi connectivity index (χ3v) is 3.97. The van der Waals surface area contributed by atoms with Crippen molar-refractivity contribution in [1.82, 2.24) is 9.97 Å². The molecule has 0 spiro atoms. The minimum atomic E-state index is -2.83. The molecule has 0 saturated heterocycles. The molecule has 112 valence electrons. The average Bonchev–Trinajstić information content (AvgIpc) is 2.44. The topological polar surface area (TPSA) is 52.1 Å². The van der Waals surface area contributed by atoms with Gasteiger partial charge in [0.25, 0.3) is 6.43 Å². The second-order valence-corrected chi connectivity index (χ2v) is 5.56. The third-order valence-electron chi connectivity index (χ3n) is 2.64. The fourth-order valence-corrected chi connectivity index (χ4v) is 2.18. The van der Waals surface area contributed by atoms with E-state index in [0.717, 1.165) is 12.6 Å². The number of halogens is 2. The van der Waals surface area contributed by atoms with Gasteiger partial charge in [0.2, 0.25) is 0 Å². The van der Waals surface area contributed by atoms with Crippen LogP contribution >= 0.6 is 11.8 Å². The Morgan fingerprint density at radius 3 is 2.70 bits per heavy atom. The maximum Gasteiger partial charge on any atom is 0.341 e. The summed E-state index contributed by atoms with van der Waals surface area (Å²) in [4.78, 5) is 19.3. The molecule has 0 N–H and O–H groups in total. The molecule has 1 aromatic heterocycles. The van der Waals surface area contributed by atoms with Crippen molar-refractivity contribution in [3.05, 3.63) is 23.3 Å². The van der Waals surface area contributed by atoms with Crippen LogP contribution < -0.4 is 0 Å². The number of carbonyl (C=O) groups excluding carboxylic acids is 1. The van der Waals surface area contributed by atoms with Gasteiger partial charge in [0.15, 0.2) is 0 Å². The second-order valence-electron chi connectivity index (χ2n) is 4.14. The van der Waals surface area contributed by atoms with Crippen molar-refractivity contribution in [3.8, 4) is 0 Å². The van der Waals surface area contributed by atoms with E-state index in [9.17, 15) is 13.6 Å². The summed E-state index contributed by atoms with van der Waals surface area (Å²) in [5.74, 6) is -0.0692. The molecule has 1 rings (SSSR count). The molecule has 0 aromatic carbocycles. The highest BCUT2D eigenvalue weighted by atomic mass is 32.2. The molecular weight excluding hydrogens is 286 g/mol. The molecular formula is C13H18F2N2O2S. The highest BCUT2D eigenvalue weighted by molar-refractivity contribution is 7.99. The van der Waals surface area contributed by atoms with Crippen LogP contribution in [0, 0.1) is 0 Å². The number of hydrogen-bond acceptors (Lipinski definition) is 5. The fourth-order valence-electron chi connectivity index (χ4n) is 1.37. The Morgan fingerprint density at radius 2 is 2.15 bits per heavy atom. The first-order valence-electron chi connectivity index (χ1n) is 6.42. The van der Waals surface area contributed by atoms with Gasteiger partial charge < -0.3 is 4.74 Å². The highest BCUT2D eigenvalue weighted by Crippen LogP contribution is 2.23. The van der Waals surface area contributed by atoms with Crippen LogP contribution in [0.3, 0.4) is 0 Å². The van der Waals surface area contributed by atoms with E-state index in [4.69, 9.17) is 4.74 Å². The fraction of sp³-hybridized carbons (Fsp3) is 0.615.